The highest BCUT2D eigenvalue weighted by molar-refractivity contribution is 7.92. The number of nitrogens with one attached hydrogen (secondary N) is 1. The number of carbonyl (C=O) groups excluding carboxylic acids is 2. The normalized spacial score (nSPS) is 14.1. The predicted molar refractivity (Wildman–Crippen MR) is 178 cm³/mol. The fourth-order valence-electron chi connectivity index (χ4n) is 5.68. The number of anilines is 1. The van der Waals surface area contributed by atoms with Gasteiger partial charge in [0, 0.05) is 24.0 Å². The van der Waals surface area contributed by atoms with E-state index in [-0.39, 0.29) is 29.8 Å². The van der Waals surface area contributed by atoms with Gasteiger partial charge in [0.25, 0.3) is 10.0 Å². The van der Waals surface area contributed by atoms with E-state index in [1.165, 1.54) is 29.2 Å². The van der Waals surface area contributed by atoms with Crippen LogP contribution in [0.3, 0.4) is 0 Å². The van der Waals surface area contributed by atoms with E-state index in [4.69, 9.17) is 11.6 Å². The molecule has 0 radical (unpaired) electrons. The molecule has 0 bridgehead atoms. The number of aryl methyl sites for hydroxylation is 1. The van der Waals surface area contributed by atoms with Gasteiger partial charge in [0.05, 0.1) is 10.6 Å². The van der Waals surface area contributed by atoms with Crippen LogP contribution >= 0.6 is 11.6 Å². The van der Waals surface area contributed by atoms with Gasteiger partial charge in [-0.2, -0.15) is 0 Å². The molecule has 0 saturated heterocycles. The van der Waals surface area contributed by atoms with Crippen LogP contribution in [-0.4, -0.2) is 43.8 Å². The zero-order chi connectivity index (χ0) is 31.8. The van der Waals surface area contributed by atoms with Crippen LogP contribution in [-0.2, 0) is 32.6 Å². The van der Waals surface area contributed by atoms with Gasteiger partial charge in [-0.15, -0.1) is 0 Å². The Morgan fingerprint density at radius 3 is 2.00 bits per heavy atom. The van der Waals surface area contributed by atoms with Gasteiger partial charge in [-0.05, 0) is 67.3 Å². The molecule has 0 unspecified atom stereocenters. The number of nitrogens with zero attached hydrogens (tertiary/aromatic N) is 2. The lowest BCUT2D eigenvalue weighted by molar-refractivity contribution is -0.140. The maximum Gasteiger partial charge on any atom is 0.264 e. The second kappa shape index (κ2) is 14.8. The van der Waals surface area contributed by atoms with Gasteiger partial charge in [-0.1, -0.05) is 103 Å². The number of benzene rings is 4. The summed E-state index contributed by atoms with van der Waals surface area (Å²) in [5.41, 5.74) is 3.03. The molecule has 1 aliphatic carbocycles. The first kappa shape index (κ1) is 32.3. The first-order valence-electron chi connectivity index (χ1n) is 15.2. The molecular weight excluding hydrogens is 606 g/mol. The maximum atomic E-state index is 14.5. The largest absolute Gasteiger partial charge is 0.352 e. The van der Waals surface area contributed by atoms with Gasteiger partial charge < -0.3 is 10.2 Å². The molecule has 9 heteroatoms. The quantitative estimate of drug-likeness (QED) is 0.190. The van der Waals surface area contributed by atoms with Crippen molar-refractivity contribution in [3.8, 4) is 0 Å². The minimum absolute atomic E-state index is 0.00898. The van der Waals surface area contributed by atoms with Crippen LogP contribution in [0.5, 0.6) is 0 Å². The molecular formula is C36H38ClN3O4S. The summed E-state index contributed by atoms with van der Waals surface area (Å²) < 4.78 is 29.3. The molecule has 45 heavy (non-hydrogen) atoms. The third-order valence-electron chi connectivity index (χ3n) is 8.17. The highest BCUT2D eigenvalue weighted by atomic mass is 35.5. The lowest BCUT2D eigenvalue weighted by Crippen LogP contribution is -2.54. The number of carbonyl (C=O) groups is 2. The van der Waals surface area contributed by atoms with Crippen molar-refractivity contribution in [2.75, 3.05) is 10.8 Å². The van der Waals surface area contributed by atoms with Crippen LogP contribution in [0.4, 0.5) is 5.69 Å². The van der Waals surface area contributed by atoms with Gasteiger partial charge in [-0.25, -0.2) is 8.42 Å². The summed E-state index contributed by atoms with van der Waals surface area (Å²) in [6, 6.07) is 31.1. The molecule has 5 rings (SSSR count). The van der Waals surface area contributed by atoms with E-state index in [9.17, 15) is 18.0 Å². The number of sulfonamides is 1. The van der Waals surface area contributed by atoms with Crippen molar-refractivity contribution >= 4 is 39.1 Å². The Kier molecular flexibility index (Phi) is 10.6. The van der Waals surface area contributed by atoms with Crippen molar-refractivity contribution in [1.29, 1.82) is 0 Å². The number of hydrogen-bond acceptors (Lipinski definition) is 4. The molecule has 2 amide bonds. The fourth-order valence-corrected chi connectivity index (χ4v) is 7.22. The van der Waals surface area contributed by atoms with E-state index in [1.807, 2.05) is 67.6 Å². The molecule has 0 aliphatic heterocycles. The smallest absolute Gasteiger partial charge is 0.264 e. The summed E-state index contributed by atoms with van der Waals surface area (Å²) in [5, 5.41) is 3.60. The zero-order valence-electron chi connectivity index (χ0n) is 25.3. The first-order chi connectivity index (χ1) is 21.7. The third-order valence-corrected chi connectivity index (χ3v) is 10.2. The summed E-state index contributed by atoms with van der Waals surface area (Å²) in [6.07, 6.45) is 4.18. The Balaban J connectivity index is 1.55. The second-order valence-corrected chi connectivity index (χ2v) is 13.8. The molecule has 4 aromatic carbocycles. The minimum Gasteiger partial charge on any atom is -0.352 e. The number of halogens is 1. The SMILES string of the molecule is Cc1ccc(N(CC(=O)N(Cc2ccccc2)[C@H](Cc2ccccc2)C(=O)NC2CCCC2)S(=O)(=O)c2ccc(Cl)cc2)cc1. The summed E-state index contributed by atoms with van der Waals surface area (Å²) in [4.78, 5) is 30.1. The Hall–Kier alpha value is -4.14. The van der Waals surface area contributed by atoms with Gasteiger partial charge in [0.2, 0.25) is 11.8 Å². The van der Waals surface area contributed by atoms with Crippen molar-refractivity contribution in [2.24, 2.45) is 0 Å². The van der Waals surface area contributed by atoms with E-state index in [1.54, 1.807) is 24.3 Å². The van der Waals surface area contributed by atoms with Crippen molar-refractivity contribution < 1.29 is 18.0 Å². The van der Waals surface area contributed by atoms with Gasteiger partial charge >= 0.3 is 0 Å². The molecule has 0 heterocycles. The van der Waals surface area contributed by atoms with Crippen LogP contribution in [0, 0.1) is 6.92 Å². The Labute approximate surface area is 270 Å². The van der Waals surface area contributed by atoms with E-state index in [0.29, 0.717) is 10.7 Å². The molecule has 1 aliphatic rings. The third kappa shape index (κ3) is 8.32. The molecule has 234 valence electrons. The standard InChI is InChI=1S/C36H38ClN3O4S/c1-27-16-20-32(21-17-27)40(45(43,44)33-22-18-30(37)19-23-33)26-35(41)39(25-29-12-6-3-7-13-29)34(24-28-10-4-2-5-11-28)36(42)38-31-14-8-9-15-31/h2-7,10-13,16-23,31,34H,8-9,14-15,24-26H2,1H3,(H,38,42)/t34-/m1/s1. The van der Waals surface area contributed by atoms with E-state index in [2.05, 4.69) is 5.32 Å². The van der Waals surface area contributed by atoms with Crippen molar-refractivity contribution in [1.82, 2.24) is 10.2 Å². The molecule has 7 nitrogen and oxygen atoms in total. The van der Waals surface area contributed by atoms with Gasteiger partial charge in [-0.3, -0.25) is 13.9 Å². The van der Waals surface area contributed by atoms with Gasteiger partial charge in [0.1, 0.15) is 12.6 Å². The van der Waals surface area contributed by atoms with E-state index >= 15 is 0 Å². The number of hydrogen-bond donors (Lipinski definition) is 1. The molecule has 1 atom stereocenters. The highest BCUT2D eigenvalue weighted by Crippen LogP contribution is 2.27. The molecule has 4 aromatic rings. The molecule has 1 N–H and O–H groups in total. The Bertz CT molecular complexity index is 1680. The molecule has 0 spiro atoms. The minimum atomic E-state index is -4.18. The molecule has 1 saturated carbocycles. The zero-order valence-corrected chi connectivity index (χ0v) is 26.9. The summed E-state index contributed by atoms with van der Waals surface area (Å²) in [7, 11) is -4.18. The highest BCUT2D eigenvalue weighted by Gasteiger charge is 2.35. The Morgan fingerprint density at radius 2 is 1.40 bits per heavy atom. The monoisotopic (exact) mass is 643 g/mol. The van der Waals surface area contributed by atoms with E-state index in [0.717, 1.165) is 46.7 Å². The summed E-state index contributed by atoms with van der Waals surface area (Å²) in [5.74, 6) is -0.725. The Morgan fingerprint density at radius 1 is 0.822 bits per heavy atom. The first-order valence-corrected chi connectivity index (χ1v) is 17.1. The lowest BCUT2D eigenvalue weighted by Gasteiger charge is -2.34. The maximum absolute atomic E-state index is 14.5. The summed E-state index contributed by atoms with van der Waals surface area (Å²) >= 11 is 6.06. The van der Waals surface area contributed by atoms with Crippen LogP contribution in [0.2, 0.25) is 5.02 Å². The molecule has 0 aromatic heterocycles. The second-order valence-electron chi connectivity index (χ2n) is 11.5. The van der Waals surface area contributed by atoms with Crippen LogP contribution < -0.4 is 9.62 Å². The summed E-state index contributed by atoms with van der Waals surface area (Å²) in [6.45, 7) is 1.55. The van der Waals surface area contributed by atoms with Gasteiger partial charge in [0.15, 0.2) is 0 Å². The number of rotatable bonds is 12. The average molecular weight is 644 g/mol. The van der Waals surface area contributed by atoms with Crippen LogP contribution in [0.1, 0.15) is 42.4 Å². The van der Waals surface area contributed by atoms with Crippen LogP contribution in [0.15, 0.2) is 114 Å². The predicted octanol–water partition coefficient (Wildman–Crippen LogP) is 6.54. The molecule has 1 fully saturated rings. The van der Waals surface area contributed by atoms with Crippen molar-refractivity contribution in [3.63, 3.8) is 0 Å². The van der Waals surface area contributed by atoms with Crippen LogP contribution in [0.25, 0.3) is 0 Å². The van der Waals surface area contributed by atoms with Crippen molar-refractivity contribution in [2.45, 2.75) is 62.6 Å². The fraction of sp³-hybridized carbons (Fsp3) is 0.278. The average Bonchev–Trinajstić information content (AvgIpc) is 3.56. The lowest BCUT2D eigenvalue weighted by atomic mass is 10.0. The van der Waals surface area contributed by atoms with E-state index < -0.39 is 28.5 Å². The topological polar surface area (TPSA) is 86.8 Å². The number of amides is 2. The van der Waals surface area contributed by atoms with Crippen molar-refractivity contribution in [3.05, 3.63) is 131 Å².